The number of nitrogens with zero attached hydrogens (tertiary/aromatic N) is 4. The number of imidazole rings is 1. The van der Waals surface area contributed by atoms with Gasteiger partial charge in [-0.1, -0.05) is 12.1 Å². The second kappa shape index (κ2) is 8.45. The van der Waals surface area contributed by atoms with Gasteiger partial charge in [-0.3, -0.25) is 9.78 Å². The smallest absolute Gasteiger partial charge is 0.254 e. The Labute approximate surface area is 170 Å². The Kier molecular flexibility index (Phi) is 5.57. The summed E-state index contributed by atoms with van der Waals surface area (Å²) in [5, 5.41) is 3.37. The van der Waals surface area contributed by atoms with Crippen molar-refractivity contribution in [1.82, 2.24) is 24.8 Å². The number of ether oxygens (including phenoxy) is 1. The number of benzene rings is 1. The van der Waals surface area contributed by atoms with Crippen LogP contribution < -0.4 is 10.1 Å². The van der Waals surface area contributed by atoms with Crippen LogP contribution in [0.4, 0.5) is 0 Å². The molecule has 1 aliphatic rings. The molecule has 7 nitrogen and oxygen atoms in total. The summed E-state index contributed by atoms with van der Waals surface area (Å²) in [4.78, 5) is 23.9. The fourth-order valence-corrected chi connectivity index (χ4v) is 3.54. The summed E-state index contributed by atoms with van der Waals surface area (Å²) in [6, 6.07) is 11.4. The number of piperazine rings is 1. The van der Waals surface area contributed by atoms with E-state index in [1.165, 1.54) is 0 Å². The highest BCUT2D eigenvalue weighted by Crippen LogP contribution is 2.23. The summed E-state index contributed by atoms with van der Waals surface area (Å²) in [5.74, 6) is 1.61. The zero-order valence-corrected chi connectivity index (χ0v) is 16.7. The second-order valence-corrected chi connectivity index (χ2v) is 7.24. The van der Waals surface area contributed by atoms with Crippen molar-refractivity contribution < 1.29 is 9.53 Å². The molecule has 1 unspecified atom stereocenters. The summed E-state index contributed by atoms with van der Waals surface area (Å²) in [5.41, 5.74) is 2.55. The van der Waals surface area contributed by atoms with E-state index in [-0.39, 0.29) is 11.9 Å². The van der Waals surface area contributed by atoms with Crippen molar-refractivity contribution in [2.75, 3.05) is 19.6 Å². The average Bonchev–Trinajstić information content (AvgIpc) is 3.19. The number of hydrogen-bond acceptors (Lipinski definition) is 5. The van der Waals surface area contributed by atoms with Crippen molar-refractivity contribution in [2.24, 2.45) is 7.05 Å². The second-order valence-electron chi connectivity index (χ2n) is 7.24. The third-order valence-corrected chi connectivity index (χ3v) is 5.12. The van der Waals surface area contributed by atoms with Crippen molar-refractivity contribution in [3.05, 3.63) is 77.6 Å². The van der Waals surface area contributed by atoms with Crippen molar-refractivity contribution in [3.63, 3.8) is 0 Å². The average molecular weight is 391 g/mol. The molecule has 2 aromatic heterocycles. The Hall–Kier alpha value is -3.19. The van der Waals surface area contributed by atoms with E-state index in [9.17, 15) is 4.79 Å². The van der Waals surface area contributed by atoms with Crippen LogP contribution in [0.15, 0.2) is 55.0 Å². The molecule has 0 radical (unpaired) electrons. The van der Waals surface area contributed by atoms with Gasteiger partial charge in [-0.2, -0.15) is 0 Å². The number of rotatable bonds is 5. The number of carbonyl (C=O) groups excluding carboxylic acids is 1. The minimum absolute atomic E-state index is 0.0124. The molecule has 3 aromatic rings. The van der Waals surface area contributed by atoms with Gasteiger partial charge in [-0.05, 0) is 36.8 Å². The van der Waals surface area contributed by atoms with Crippen LogP contribution in [0.2, 0.25) is 0 Å². The van der Waals surface area contributed by atoms with E-state index in [2.05, 4.69) is 15.3 Å². The third-order valence-electron chi connectivity index (χ3n) is 5.12. The molecular formula is C22H25N5O2. The summed E-state index contributed by atoms with van der Waals surface area (Å²) in [6.45, 7) is 4.44. The number of amides is 1. The molecule has 1 aliphatic heterocycles. The minimum atomic E-state index is -0.0882. The Morgan fingerprint density at radius 3 is 2.93 bits per heavy atom. The van der Waals surface area contributed by atoms with Gasteiger partial charge in [0.15, 0.2) is 0 Å². The fourth-order valence-electron chi connectivity index (χ4n) is 3.54. The number of carbonyl (C=O) groups is 1. The number of hydrogen-bond donors (Lipinski definition) is 1. The predicted molar refractivity (Wildman–Crippen MR) is 110 cm³/mol. The molecule has 0 spiro atoms. The maximum Gasteiger partial charge on any atom is 0.254 e. The largest absolute Gasteiger partial charge is 0.487 e. The van der Waals surface area contributed by atoms with Crippen LogP contribution >= 0.6 is 0 Å². The van der Waals surface area contributed by atoms with Gasteiger partial charge >= 0.3 is 0 Å². The molecule has 1 aromatic carbocycles. The van der Waals surface area contributed by atoms with Gasteiger partial charge in [0, 0.05) is 50.3 Å². The highest BCUT2D eigenvalue weighted by atomic mass is 16.5. The Morgan fingerprint density at radius 2 is 2.17 bits per heavy atom. The lowest BCUT2D eigenvalue weighted by Crippen LogP contribution is -2.49. The van der Waals surface area contributed by atoms with E-state index in [1.807, 2.05) is 66.0 Å². The van der Waals surface area contributed by atoms with E-state index in [0.717, 1.165) is 23.6 Å². The first kappa shape index (κ1) is 19.1. The van der Waals surface area contributed by atoms with Crippen LogP contribution in [0.3, 0.4) is 0 Å². The standard InChI is InChI=1S/C22H25N5O2/c1-16-6-7-19(13-25-16)29-15-17-4-3-5-18(12-17)22(28)27-11-8-23-14-20(27)21-24-9-10-26(21)2/h3-7,9-10,12-13,20,23H,8,11,14-15H2,1-2H3. The molecule has 29 heavy (non-hydrogen) atoms. The monoisotopic (exact) mass is 391 g/mol. The molecule has 7 heteroatoms. The van der Waals surface area contributed by atoms with Gasteiger partial charge in [-0.25, -0.2) is 4.98 Å². The first-order chi connectivity index (χ1) is 14.1. The summed E-state index contributed by atoms with van der Waals surface area (Å²) in [6.07, 6.45) is 5.39. The van der Waals surface area contributed by atoms with Crippen LogP contribution in [0, 0.1) is 6.92 Å². The normalized spacial score (nSPS) is 16.6. The lowest BCUT2D eigenvalue weighted by Gasteiger charge is -2.35. The first-order valence-corrected chi connectivity index (χ1v) is 9.75. The Morgan fingerprint density at radius 1 is 1.28 bits per heavy atom. The van der Waals surface area contributed by atoms with Crippen molar-refractivity contribution >= 4 is 5.91 Å². The van der Waals surface area contributed by atoms with Crippen molar-refractivity contribution in [2.45, 2.75) is 19.6 Å². The van der Waals surface area contributed by atoms with Crippen LogP contribution in [-0.2, 0) is 13.7 Å². The lowest BCUT2D eigenvalue weighted by molar-refractivity contribution is 0.0620. The van der Waals surface area contributed by atoms with E-state index < -0.39 is 0 Å². The highest BCUT2D eigenvalue weighted by Gasteiger charge is 2.31. The molecule has 4 rings (SSSR count). The molecule has 0 bridgehead atoms. The Balaban J connectivity index is 1.50. The quantitative estimate of drug-likeness (QED) is 0.724. The van der Waals surface area contributed by atoms with E-state index >= 15 is 0 Å². The van der Waals surface area contributed by atoms with Crippen LogP contribution in [-0.4, -0.2) is 45.0 Å². The van der Waals surface area contributed by atoms with Gasteiger partial charge in [0.2, 0.25) is 0 Å². The molecule has 150 valence electrons. The van der Waals surface area contributed by atoms with Crippen LogP contribution in [0.5, 0.6) is 5.75 Å². The lowest BCUT2D eigenvalue weighted by atomic mass is 10.1. The number of nitrogens with one attached hydrogen (secondary N) is 1. The first-order valence-electron chi connectivity index (χ1n) is 9.75. The molecule has 0 saturated carbocycles. The summed E-state index contributed by atoms with van der Waals surface area (Å²) >= 11 is 0. The van der Waals surface area contributed by atoms with E-state index in [1.54, 1.807) is 12.4 Å². The highest BCUT2D eigenvalue weighted by molar-refractivity contribution is 5.94. The molecule has 3 heterocycles. The third kappa shape index (κ3) is 4.30. The SMILES string of the molecule is Cc1ccc(OCc2cccc(C(=O)N3CCNCC3c3nccn3C)c2)cn1. The van der Waals surface area contributed by atoms with Gasteiger partial charge in [0.1, 0.15) is 24.2 Å². The van der Waals surface area contributed by atoms with Crippen LogP contribution in [0.1, 0.15) is 33.5 Å². The summed E-state index contributed by atoms with van der Waals surface area (Å²) < 4.78 is 7.78. The molecule has 1 atom stereocenters. The fraction of sp³-hybridized carbons (Fsp3) is 0.318. The molecule has 1 N–H and O–H groups in total. The maximum absolute atomic E-state index is 13.3. The Bertz CT molecular complexity index is 983. The maximum atomic E-state index is 13.3. The van der Waals surface area contributed by atoms with Gasteiger partial charge < -0.3 is 19.5 Å². The number of aryl methyl sites for hydroxylation is 2. The zero-order valence-electron chi connectivity index (χ0n) is 16.7. The van der Waals surface area contributed by atoms with E-state index in [0.29, 0.717) is 31.0 Å². The molecular weight excluding hydrogens is 366 g/mol. The number of aromatic nitrogens is 3. The molecule has 1 saturated heterocycles. The number of pyridine rings is 1. The molecule has 1 amide bonds. The summed E-state index contributed by atoms with van der Waals surface area (Å²) in [7, 11) is 1.96. The van der Waals surface area contributed by atoms with Crippen molar-refractivity contribution in [1.29, 1.82) is 0 Å². The topological polar surface area (TPSA) is 72.3 Å². The molecule has 0 aliphatic carbocycles. The van der Waals surface area contributed by atoms with E-state index in [4.69, 9.17) is 4.74 Å². The van der Waals surface area contributed by atoms with Gasteiger partial charge in [-0.15, -0.1) is 0 Å². The van der Waals surface area contributed by atoms with Crippen molar-refractivity contribution in [3.8, 4) is 5.75 Å². The van der Waals surface area contributed by atoms with Gasteiger partial charge in [0.05, 0.1) is 6.20 Å². The van der Waals surface area contributed by atoms with Crippen LogP contribution in [0.25, 0.3) is 0 Å². The zero-order chi connectivity index (χ0) is 20.2. The predicted octanol–water partition coefficient (Wildman–Crippen LogP) is 2.49. The minimum Gasteiger partial charge on any atom is -0.487 e. The van der Waals surface area contributed by atoms with Gasteiger partial charge in [0.25, 0.3) is 5.91 Å². The molecule has 1 fully saturated rings.